The maximum Gasteiger partial charge on any atom is 0.247 e. The van der Waals surface area contributed by atoms with E-state index in [0.717, 1.165) is 35.1 Å². The number of rotatable bonds is 14. The first-order valence-electron chi connectivity index (χ1n) is 18.4. The zero-order valence-corrected chi connectivity index (χ0v) is 31.0. The molecule has 0 saturated carbocycles. The van der Waals surface area contributed by atoms with Crippen molar-refractivity contribution in [1.29, 1.82) is 0 Å². The Morgan fingerprint density at radius 3 is 1.91 bits per heavy atom. The number of hydrogen-bond acceptors (Lipinski definition) is 6. The lowest BCUT2D eigenvalue weighted by molar-refractivity contribution is -0.140. The fourth-order valence-electron chi connectivity index (χ4n) is 6.88. The van der Waals surface area contributed by atoms with E-state index in [2.05, 4.69) is 10.6 Å². The van der Waals surface area contributed by atoms with Gasteiger partial charge in [0.15, 0.2) is 0 Å². The average Bonchev–Trinajstić information content (AvgIpc) is 3.88. The van der Waals surface area contributed by atoms with Crippen molar-refractivity contribution < 1.29 is 23.6 Å². The molecule has 0 aliphatic carbocycles. The number of amides is 4. The minimum Gasteiger partial charge on any atom is -0.456 e. The van der Waals surface area contributed by atoms with Gasteiger partial charge >= 0.3 is 0 Å². The third-order valence-corrected chi connectivity index (χ3v) is 9.58. The maximum absolute atomic E-state index is 13.7. The van der Waals surface area contributed by atoms with Gasteiger partial charge in [0.05, 0.1) is 13.0 Å². The molecule has 1 aliphatic rings. The van der Waals surface area contributed by atoms with E-state index in [1.165, 1.54) is 0 Å². The van der Waals surface area contributed by atoms with E-state index >= 15 is 0 Å². The summed E-state index contributed by atoms with van der Waals surface area (Å²) >= 11 is 0. The molecule has 54 heavy (non-hydrogen) atoms. The van der Waals surface area contributed by atoms with Crippen LogP contribution in [0.15, 0.2) is 126 Å². The first-order chi connectivity index (χ1) is 26.2. The van der Waals surface area contributed by atoms with Crippen molar-refractivity contribution in [3.05, 3.63) is 132 Å². The third-order valence-electron chi connectivity index (χ3n) is 9.58. The Hall–Kier alpha value is -6.00. The summed E-state index contributed by atoms with van der Waals surface area (Å²) in [6.07, 6.45) is 2.39. The van der Waals surface area contributed by atoms with E-state index in [0.29, 0.717) is 42.4 Å². The number of furan rings is 1. The molecule has 6 rings (SSSR count). The van der Waals surface area contributed by atoms with Crippen molar-refractivity contribution in [3.8, 4) is 22.6 Å². The summed E-state index contributed by atoms with van der Waals surface area (Å²) in [6.45, 7) is 3.01. The van der Waals surface area contributed by atoms with Crippen LogP contribution in [0.5, 0.6) is 0 Å². The smallest absolute Gasteiger partial charge is 0.247 e. The Kier molecular flexibility index (Phi) is 12.4. The predicted octanol–water partition coefficient (Wildman–Crippen LogP) is 7.27. The summed E-state index contributed by atoms with van der Waals surface area (Å²) in [7, 11) is 3.76. The summed E-state index contributed by atoms with van der Waals surface area (Å²) in [5.41, 5.74) is 4.76. The number of nitrogens with one attached hydrogen (secondary N) is 2. The Morgan fingerprint density at radius 2 is 1.33 bits per heavy atom. The van der Waals surface area contributed by atoms with Crippen molar-refractivity contribution in [3.63, 3.8) is 0 Å². The van der Waals surface area contributed by atoms with Crippen LogP contribution in [0.1, 0.15) is 43.4 Å². The number of carbonyl (C=O) groups excluding carboxylic acids is 4. The Bertz CT molecular complexity index is 2030. The molecule has 0 bridgehead atoms. The molecule has 0 unspecified atom stereocenters. The van der Waals surface area contributed by atoms with Gasteiger partial charge in [-0.3, -0.25) is 24.1 Å². The minimum absolute atomic E-state index is 0.0179. The molecule has 1 fully saturated rings. The van der Waals surface area contributed by atoms with Crippen molar-refractivity contribution in [2.75, 3.05) is 44.4 Å². The topological polar surface area (TPSA) is 115 Å². The molecule has 0 spiro atoms. The van der Waals surface area contributed by atoms with Gasteiger partial charge in [-0.1, -0.05) is 67.6 Å². The van der Waals surface area contributed by atoms with Crippen molar-refractivity contribution >= 4 is 35.0 Å². The highest BCUT2D eigenvalue weighted by atomic mass is 16.3. The second-order valence-corrected chi connectivity index (χ2v) is 13.8. The summed E-state index contributed by atoms with van der Waals surface area (Å²) < 4.78 is 6.19. The molecule has 1 aromatic heterocycles. The van der Waals surface area contributed by atoms with Gasteiger partial charge in [-0.2, -0.15) is 0 Å². The normalized spacial score (nSPS) is 14.4. The van der Waals surface area contributed by atoms with Gasteiger partial charge in [-0.25, -0.2) is 0 Å². The average molecular weight is 726 g/mol. The van der Waals surface area contributed by atoms with Crippen molar-refractivity contribution in [2.45, 2.75) is 44.7 Å². The van der Waals surface area contributed by atoms with Gasteiger partial charge in [0, 0.05) is 35.6 Å². The largest absolute Gasteiger partial charge is 0.456 e. The second-order valence-electron chi connectivity index (χ2n) is 13.8. The number of likely N-dealkylation sites (N-methyl/N-ethyl adjacent to an activating group) is 1. The van der Waals surface area contributed by atoms with Crippen LogP contribution in [-0.4, -0.2) is 78.1 Å². The van der Waals surface area contributed by atoms with Crippen LogP contribution in [0, 0.1) is 0 Å². The molecule has 278 valence electrons. The van der Waals surface area contributed by atoms with Crippen molar-refractivity contribution in [1.82, 2.24) is 14.7 Å². The highest BCUT2D eigenvalue weighted by Crippen LogP contribution is 2.31. The number of benzene rings is 4. The summed E-state index contributed by atoms with van der Waals surface area (Å²) in [5, 5.41) is 5.92. The highest BCUT2D eigenvalue weighted by Gasteiger charge is 2.38. The Labute approximate surface area is 316 Å². The monoisotopic (exact) mass is 725 g/mol. The molecule has 10 nitrogen and oxygen atoms in total. The molecule has 4 amide bonds. The lowest BCUT2D eigenvalue weighted by atomic mass is 10.0. The van der Waals surface area contributed by atoms with Crippen LogP contribution in [-0.2, 0) is 25.6 Å². The molecule has 2 N–H and O–H groups in total. The van der Waals surface area contributed by atoms with Crippen LogP contribution in [0.4, 0.5) is 11.4 Å². The van der Waals surface area contributed by atoms with Crippen LogP contribution < -0.4 is 10.6 Å². The van der Waals surface area contributed by atoms with Crippen LogP contribution in [0.3, 0.4) is 0 Å². The molecule has 2 heterocycles. The Balaban J connectivity index is 1.03. The molecule has 4 aromatic carbocycles. The molecule has 1 saturated heterocycles. The van der Waals surface area contributed by atoms with Gasteiger partial charge in [0.25, 0.3) is 0 Å². The number of anilines is 2. The van der Waals surface area contributed by atoms with E-state index < -0.39 is 12.1 Å². The zero-order valence-electron chi connectivity index (χ0n) is 31.0. The van der Waals surface area contributed by atoms with E-state index in [1.807, 2.05) is 147 Å². The molecule has 2 atom stereocenters. The summed E-state index contributed by atoms with van der Waals surface area (Å²) in [5.74, 6) is 0.719. The zero-order chi connectivity index (χ0) is 38.0. The molecule has 10 heteroatoms. The SMILES string of the molecule is CCCN(CC(=O)Nc1ccc(-c2ccc(-c3ccc(NC(=O)[C@@H]4CCCN4C(=O)[C@@H](c4ccccc4)N(C)C)cc3)o2)cc1)C(=O)Cc1ccccc1. The highest BCUT2D eigenvalue weighted by molar-refractivity contribution is 5.98. The fourth-order valence-corrected chi connectivity index (χ4v) is 6.88. The Morgan fingerprint density at radius 1 is 0.759 bits per heavy atom. The van der Waals surface area contributed by atoms with E-state index in [4.69, 9.17) is 4.42 Å². The van der Waals surface area contributed by atoms with Gasteiger partial charge in [-0.15, -0.1) is 0 Å². The molecule has 1 aliphatic heterocycles. The van der Waals surface area contributed by atoms with E-state index in [1.54, 1.807) is 9.80 Å². The van der Waals surface area contributed by atoms with Crippen LogP contribution in [0.25, 0.3) is 22.6 Å². The van der Waals surface area contributed by atoms with Crippen LogP contribution >= 0.6 is 0 Å². The molecular weight excluding hydrogens is 679 g/mol. The lowest BCUT2D eigenvalue weighted by Crippen LogP contribution is -2.47. The predicted molar refractivity (Wildman–Crippen MR) is 211 cm³/mol. The van der Waals surface area contributed by atoms with Gasteiger partial charge in [-0.05, 0) is 105 Å². The first-order valence-corrected chi connectivity index (χ1v) is 18.4. The van der Waals surface area contributed by atoms with Crippen LogP contribution in [0.2, 0.25) is 0 Å². The fraction of sp³-hybridized carbons (Fsp3) is 0.273. The summed E-state index contributed by atoms with van der Waals surface area (Å²) in [4.78, 5) is 58.2. The third kappa shape index (κ3) is 9.31. The molecule has 0 radical (unpaired) electrons. The molecular formula is C44H47N5O5. The lowest BCUT2D eigenvalue weighted by Gasteiger charge is -2.31. The number of hydrogen-bond donors (Lipinski definition) is 2. The standard InChI is InChI=1S/C44H47N5O5/c1-4-27-48(41(51)29-31-12-7-5-8-13-31)30-40(50)45-35-21-17-32(18-22-35)38-25-26-39(54-38)33-19-23-36(24-20-33)46-43(52)37-16-11-28-49(37)44(53)42(47(2)3)34-14-9-6-10-15-34/h5-10,12-15,17-26,37,42H,4,11,16,27-30H2,1-3H3,(H,45,50)(H,46,52)/t37-,42+/m0/s1. The summed E-state index contributed by atoms with van der Waals surface area (Å²) in [6, 6.07) is 36.8. The van der Waals surface area contributed by atoms with E-state index in [-0.39, 0.29) is 36.6 Å². The van der Waals surface area contributed by atoms with Gasteiger partial charge in [0.1, 0.15) is 23.6 Å². The van der Waals surface area contributed by atoms with E-state index in [9.17, 15) is 19.2 Å². The minimum atomic E-state index is -0.541. The number of nitrogens with zero attached hydrogens (tertiary/aromatic N) is 3. The first kappa shape index (κ1) is 37.7. The molecule has 5 aromatic rings. The second kappa shape index (κ2) is 17.7. The number of carbonyl (C=O) groups is 4. The van der Waals surface area contributed by atoms with Crippen molar-refractivity contribution in [2.24, 2.45) is 0 Å². The van der Waals surface area contributed by atoms with Gasteiger partial charge < -0.3 is 24.9 Å². The maximum atomic E-state index is 13.7. The quantitative estimate of drug-likeness (QED) is 0.125. The van der Waals surface area contributed by atoms with Gasteiger partial charge in [0.2, 0.25) is 23.6 Å². The number of likely N-dealkylation sites (tertiary alicyclic amines) is 1.